The van der Waals surface area contributed by atoms with Crippen LogP contribution in [0, 0.1) is 0 Å². The van der Waals surface area contributed by atoms with Crippen molar-refractivity contribution in [2.24, 2.45) is 0 Å². The second-order valence-corrected chi connectivity index (χ2v) is 5.82. The zero-order valence-corrected chi connectivity index (χ0v) is 14.0. The van der Waals surface area contributed by atoms with Gasteiger partial charge in [0.1, 0.15) is 0 Å². The van der Waals surface area contributed by atoms with Crippen LogP contribution >= 0.6 is 0 Å². The molecule has 0 saturated carbocycles. The van der Waals surface area contributed by atoms with E-state index in [0.717, 1.165) is 24.5 Å². The third-order valence-electron chi connectivity index (χ3n) is 4.36. The van der Waals surface area contributed by atoms with Crippen LogP contribution in [0.25, 0.3) is 0 Å². The van der Waals surface area contributed by atoms with E-state index in [0.29, 0.717) is 12.1 Å². The van der Waals surface area contributed by atoms with Crippen LogP contribution < -0.4 is 0 Å². The maximum absolute atomic E-state index is 4.44. The van der Waals surface area contributed by atoms with Gasteiger partial charge in [-0.05, 0) is 52.2 Å². The van der Waals surface area contributed by atoms with E-state index in [1.807, 2.05) is 36.7 Å². The molecule has 2 aromatic heterocycles. The Kier molecular flexibility index (Phi) is 6.04. The molecule has 2 aromatic rings. The zero-order valence-electron chi connectivity index (χ0n) is 14.0. The highest BCUT2D eigenvalue weighted by molar-refractivity contribution is 5.09. The van der Waals surface area contributed by atoms with E-state index in [-0.39, 0.29) is 0 Å². The van der Waals surface area contributed by atoms with Crippen LogP contribution in [-0.4, -0.2) is 47.0 Å². The Morgan fingerprint density at radius 3 is 1.50 bits per heavy atom. The number of aromatic nitrogens is 2. The van der Waals surface area contributed by atoms with E-state index < -0.39 is 0 Å². The highest BCUT2D eigenvalue weighted by Gasteiger charge is 2.16. The van der Waals surface area contributed by atoms with Gasteiger partial charge in [0.25, 0.3) is 0 Å². The second-order valence-electron chi connectivity index (χ2n) is 5.82. The first-order chi connectivity index (χ1) is 10.6. The molecule has 2 heterocycles. The minimum atomic E-state index is 0.319. The maximum atomic E-state index is 4.44. The molecule has 0 aromatic carbocycles. The lowest BCUT2D eigenvalue weighted by atomic mass is 10.1. The fraction of sp³-hybridized carbons (Fsp3) is 0.444. The van der Waals surface area contributed by atoms with Crippen molar-refractivity contribution in [3.63, 3.8) is 0 Å². The summed E-state index contributed by atoms with van der Waals surface area (Å²) in [7, 11) is 4.30. The third kappa shape index (κ3) is 4.36. The van der Waals surface area contributed by atoms with E-state index >= 15 is 0 Å². The molecule has 0 radical (unpaired) electrons. The first kappa shape index (κ1) is 16.6. The van der Waals surface area contributed by atoms with Gasteiger partial charge in [-0.25, -0.2) is 0 Å². The Morgan fingerprint density at radius 1 is 0.773 bits per heavy atom. The molecule has 4 nitrogen and oxygen atoms in total. The minimum Gasteiger partial charge on any atom is -0.297 e. The second kappa shape index (κ2) is 8.01. The fourth-order valence-corrected chi connectivity index (χ4v) is 2.40. The molecule has 0 aliphatic carbocycles. The van der Waals surface area contributed by atoms with Gasteiger partial charge in [0.05, 0.1) is 11.4 Å². The van der Waals surface area contributed by atoms with Gasteiger partial charge in [-0.2, -0.15) is 0 Å². The van der Waals surface area contributed by atoms with E-state index in [9.17, 15) is 0 Å². The molecule has 0 spiro atoms. The first-order valence-electron chi connectivity index (χ1n) is 7.82. The van der Waals surface area contributed by atoms with Crippen LogP contribution in [0.3, 0.4) is 0 Å². The lowest BCUT2D eigenvalue weighted by Gasteiger charge is -2.29. The normalized spacial score (nSPS) is 14.3. The van der Waals surface area contributed by atoms with Crippen LogP contribution in [0.2, 0.25) is 0 Å². The van der Waals surface area contributed by atoms with Crippen LogP contribution in [0.15, 0.2) is 48.8 Å². The molecule has 0 saturated heterocycles. The maximum Gasteiger partial charge on any atom is 0.0572 e. The van der Waals surface area contributed by atoms with Crippen molar-refractivity contribution in [2.75, 3.05) is 27.2 Å². The zero-order chi connectivity index (χ0) is 15.9. The van der Waals surface area contributed by atoms with E-state index in [2.05, 4.69) is 59.8 Å². The van der Waals surface area contributed by atoms with Gasteiger partial charge in [0.2, 0.25) is 0 Å². The molecule has 2 rings (SSSR count). The molecule has 4 heteroatoms. The Balaban J connectivity index is 1.86. The Morgan fingerprint density at radius 2 is 1.18 bits per heavy atom. The van der Waals surface area contributed by atoms with Crippen molar-refractivity contribution in [3.05, 3.63) is 60.2 Å². The van der Waals surface area contributed by atoms with Crippen molar-refractivity contribution >= 4 is 0 Å². The van der Waals surface area contributed by atoms with Crippen molar-refractivity contribution in [1.29, 1.82) is 0 Å². The van der Waals surface area contributed by atoms with Crippen LogP contribution in [0.1, 0.15) is 37.3 Å². The van der Waals surface area contributed by atoms with Gasteiger partial charge in [-0.1, -0.05) is 12.1 Å². The summed E-state index contributed by atoms with van der Waals surface area (Å²) in [5.41, 5.74) is 2.23. The Bertz CT molecular complexity index is 492. The largest absolute Gasteiger partial charge is 0.297 e. The molecule has 2 atom stereocenters. The minimum absolute atomic E-state index is 0.319. The molecular formula is C18H26N4. The standard InChI is InChI=1S/C18H26N4/c1-15(17-9-5-7-11-19-17)21(3)13-14-22(4)16(2)18-10-6-8-12-20-18/h5-12,15-16H,13-14H2,1-4H3. The predicted octanol–water partition coefficient (Wildman–Crippen LogP) is 3.16. The quantitative estimate of drug-likeness (QED) is 0.786. The SMILES string of the molecule is CC(c1ccccn1)N(C)CCN(C)C(C)c1ccccn1. The van der Waals surface area contributed by atoms with Crippen LogP contribution in [0.5, 0.6) is 0 Å². The van der Waals surface area contributed by atoms with Gasteiger partial charge >= 0.3 is 0 Å². The summed E-state index contributed by atoms with van der Waals surface area (Å²) in [6.45, 7) is 6.38. The number of pyridine rings is 2. The number of nitrogens with zero attached hydrogens (tertiary/aromatic N) is 4. The molecular weight excluding hydrogens is 272 g/mol. The monoisotopic (exact) mass is 298 g/mol. The summed E-state index contributed by atoms with van der Waals surface area (Å²) >= 11 is 0. The molecule has 0 amide bonds. The van der Waals surface area contributed by atoms with Crippen molar-refractivity contribution in [3.8, 4) is 0 Å². The number of likely N-dealkylation sites (N-methyl/N-ethyl adjacent to an activating group) is 2. The van der Waals surface area contributed by atoms with Crippen LogP contribution in [-0.2, 0) is 0 Å². The summed E-state index contributed by atoms with van der Waals surface area (Å²) in [4.78, 5) is 13.6. The molecule has 2 unspecified atom stereocenters. The number of hydrogen-bond acceptors (Lipinski definition) is 4. The average Bonchev–Trinajstić information content (AvgIpc) is 2.59. The van der Waals surface area contributed by atoms with Gasteiger partial charge in [0.15, 0.2) is 0 Å². The predicted molar refractivity (Wildman–Crippen MR) is 90.6 cm³/mol. The summed E-state index contributed by atoms with van der Waals surface area (Å²) < 4.78 is 0. The highest BCUT2D eigenvalue weighted by Crippen LogP contribution is 2.18. The number of hydrogen-bond donors (Lipinski definition) is 0. The molecule has 118 valence electrons. The summed E-state index contributed by atoms with van der Waals surface area (Å²) in [5, 5.41) is 0. The Labute approximate surface area is 133 Å². The molecule has 22 heavy (non-hydrogen) atoms. The topological polar surface area (TPSA) is 32.3 Å². The third-order valence-corrected chi connectivity index (χ3v) is 4.36. The van der Waals surface area contributed by atoms with E-state index in [1.165, 1.54) is 0 Å². The fourth-order valence-electron chi connectivity index (χ4n) is 2.40. The summed E-state index contributed by atoms with van der Waals surface area (Å²) in [6.07, 6.45) is 3.71. The lowest BCUT2D eigenvalue weighted by molar-refractivity contribution is 0.187. The van der Waals surface area contributed by atoms with Gasteiger partial charge in [0, 0.05) is 37.6 Å². The van der Waals surface area contributed by atoms with E-state index in [4.69, 9.17) is 0 Å². The van der Waals surface area contributed by atoms with Gasteiger partial charge < -0.3 is 0 Å². The highest BCUT2D eigenvalue weighted by atomic mass is 15.2. The summed E-state index contributed by atoms with van der Waals surface area (Å²) in [6, 6.07) is 12.8. The van der Waals surface area contributed by atoms with Gasteiger partial charge in [-0.3, -0.25) is 19.8 Å². The number of rotatable bonds is 7. The Hall–Kier alpha value is -1.78. The molecule has 0 aliphatic heterocycles. The van der Waals surface area contributed by atoms with Crippen molar-refractivity contribution < 1.29 is 0 Å². The smallest absolute Gasteiger partial charge is 0.0572 e. The van der Waals surface area contributed by atoms with Gasteiger partial charge in [-0.15, -0.1) is 0 Å². The van der Waals surface area contributed by atoms with Crippen molar-refractivity contribution in [1.82, 2.24) is 19.8 Å². The van der Waals surface area contributed by atoms with Crippen molar-refractivity contribution in [2.45, 2.75) is 25.9 Å². The average molecular weight is 298 g/mol. The first-order valence-corrected chi connectivity index (χ1v) is 7.82. The summed E-state index contributed by atoms with van der Waals surface area (Å²) in [5.74, 6) is 0. The van der Waals surface area contributed by atoms with E-state index in [1.54, 1.807) is 0 Å². The molecule has 0 aliphatic rings. The molecule has 0 bridgehead atoms. The molecule has 0 fully saturated rings. The molecule has 0 N–H and O–H groups in total. The lowest BCUT2D eigenvalue weighted by Crippen LogP contribution is -2.34. The van der Waals surface area contributed by atoms with Crippen LogP contribution in [0.4, 0.5) is 0 Å².